The summed E-state index contributed by atoms with van der Waals surface area (Å²) in [4.78, 5) is 27.6. The number of hydrogen-bond donors (Lipinski definition) is 1. The third-order valence-corrected chi connectivity index (χ3v) is 3.79. The van der Waals surface area contributed by atoms with Crippen LogP contribution in [0.4, 0.5) is 0 Å². The summed E-state index contributed by atoms with van der Waals surface area (Å²) < 4.78 is 0. The lowest BCUT2D eigenvalue weighted by atomic mass is 10.1. The van der Waals surface area contributed by atoms with E-state index in [0.717, 1.165) is 6.54 Å². The third kappa shape index (κ3) is 2.73. The molecule has 1 aromatic rings. The number of carbonyl (C=O) groups is 2. The highest BCUT2D eigenvalue weighted by Gasteiger charge is 2.34. The van der Waals surface area contributed by atoms with Crippen LogP contribution in [0.25, 0.3) is 0 Å². The van der Waals surface area contributed by atoms with Gasteiger partial charge in [-0.15, -0.1) is 0 Å². The second kappa shape index (κ2) is 6.15. The molecular weight excluding hydrogens is 256 g/mol. The van der Waals surface area contributed by atoms with Crippen LogP contribution in [0.2, 0.25) is 0 Å². The van der Waals surface area contributed by atoms with Crippen LogP contribution in [0.5, 0.6) is 0 Å². The summed E-state index contributed by atoms with van der Waals surface area (Å²) in [5, 5.41) is 9.06. The summed E-state index contributed by atoms with van der Waals surface area (Å²) in [6.07, 6.45) is 0.701. The third-order valence-electron chi connectivity index (χ3n) is 3.79. The Bertz CT molecular complexity index is 481. The van der Waals surface area contributed by atoms with Crippen LogP contribution in [0, 0.1) is 0 Å². The van der Waals surface area contributed by atoms with Gasteiger partial charge in [0, 0.05) is 12.6 Å². The fourth-order valence-corrected chi connectivity index (χ4v) is 2.28. The number of hydrogen-bond acceptors (Lipinski definition) is 4. The molecule has 1 unspecified atom stereocenters. The summed E-state index contributed by atoms with van der Waals surface area (Å²) in [5.41, 5.74) is 0.990. The highest BCUT2D eigenvalue weighted by Crippen LogP contribution is 2.22. The van der Waals surface area contributed by atoms with Gasteiger partial charge < -0.3 is 10.0 Å². The summed E-state index contributed by atoms with van der Waals surface area (Å²) in [6.45, 7) is 3.18. The van der Waals surface area contributed by atoms with Gasteiger partial charge in [-0.1, -0.05) is 12.1 Å². The maximum atomic E-state index is 12.1. The maximum Gasteiger partial charge on any atom is 0.261 e. The zero-order chi connectivity index (χ0) is 14.7. The van der Waals surface area contributed by atoms with E-state index in [2.05, 4.69) is 0 Å². The van der Waals surface area contributed by atoms with Crippen molar-refractivity contribution in [2.75, 3.05) is 26.7 Å². The van der Waals surface area contributed by atoms with Gasteiger partial charge in [-0.2, -0.15) is 0 Å². The SMILES string of the molecule is CC(CO)N(C)CCCN1C(=O)c2ccccc2C1=O. The Kier molecular flexibility index (Phi) is 4.52. The van der Waals surface area contributed by atoms with Gasteiger partial charge in [0.1, 0.15) is 0 Å². The molecule has 108 valence electrons. The summed E-state index contributed by atoms with van der Waals surface area (Å²) >= 11 is 0. The minimum absolute atomic E-state index is 0.0807. The predicted octanol–water partition coefficient (Wildman–Crippen LogP) is 0.985. The standard InChI is InChI=1S/C15H20N2O3/c1-11(10-18)16(2)8-5-9-17-14(19)12-6-3-4-7-13(12)15(17)20/h3-4,6-7,11,18H,5,8-10H2,1-2H3. The molecule has 5 nitrogen and oxygen atoms in total. The van der Waals surface area contributed by atoms with Crippen LogP contribution in [-0.2, 0) is 0 Å². The molecule has 0 saturated heterocycles. The number of amides is 2. The number of aliphatic hydroxyl groups excluding tert-OH is 1. The van der Waals surface area contributed by atoms with Crippen molar-refractivity contribution < 1.29 is 14.7 Å². The average molecular weight is 276 g/mol. The smallest absolute Gasteiger partial charge is 0.261 e. The Balaban J connectivity index is 1.93. The molecule has 2 amide bonds. The zero-order valence-corrected chi connectivity index (χ0v) is 11.9. The first-order valence-electron chi connectivity index (χ1n) is 6.82. The number of nitrogens with zero attached hydrogens (tertiary/aromatic N) is 2. The van der Waals surface area contributed by atoms with E-state index in [-0.39, 0.29) is 24.5 Å². The van der Waals surface area contributed by atoms with Crippen molar-refractivity contribution in [3.05, 3.63) is 35.4 Å². The van der Waals surface area contributed by atoms with Gasteiger partial charge in [-0.3, -0.25) is 14.5 Å². The number of aliphatic hydroxyl groups is 1. The topological polar surface area (TPSA) is 60.9 Å². The van der Waals surface area contributed by atoms with Crippen LogP contribution in [0.15, 0.2) is 24.3 Å². The van der Waals surface area contributed by atoms with Gasteiger partial charge >= 0.3 is 0 Å². The van der Waals surface area contributed by atoms with E-state index in [1.165, 1.54) is 4.90 Å². The van der Waals surface area contributed by atoms with Gasteiger partial charge in [0.25, 0.3) is 11.8 Å². The van der Waals surface area contributed by atoms with E-state index >= 15 is 0 Å². The van der Waals surface area contributed by atoms with Crippen molar-refractivity contribution in [3.63, 3.8) is 0 Å². The van der Waals surface area contributed by atoms with Crippen molar-refractivity contribution >= 4 is 11.8 Å². The number of benzene rings is 1. The fourth-order valence-electron chi connectivity index (χ4n) is 2.28. The molecule has 1 heterocycles. The molecule has 5 heteroatoms. The van der Waals surface area contributed by atoms with E-state index in [9.17, 15) is 9.59 Å². The molecule has 0 aromatic heterocycles. The number of likely N-dealkylation sites (N-methyl/N-ethyl adjacent to an activating group) is 1. The van der Waals surface area contributed by atoms with E-state index in [1.54, 1.807) is 24.3 Å². The van der Waals surface area contributed by atoms with Crippen LogP contribution in [0.3, 0.4) is 0 Å². The number of carbonyl (C=O) groups excluding carboxylic acids is 2. The van der Waals surface area contributed by atoms with Crippen molar-refractivity contribution in [2.45, 2.75) is 19.4 Å². The van der Waals surface area contributed by atoms with Crippen LogP contribution in [-0.4, -0.2) is 59.5 Å². The number of imide groups is 1. The van der Waals surface area contributed by atoms with Crippen LogP contribution >= 0.6 is 0 Å². The molecule has 0 fully saturated rings. The summed E-state index contributed by atoms with van der Waals surface area (Å²) in [7, 11) is 1.92. The van der Waals surface area contributed by atoms with Gasteiger partial charge in [0.05, 0.1) is 17.7 Å². The first-order chi connectivity index (χ1) is 9.56. The molecule has 0 bridgehead atoms. The highest BCUT2D eigenvalue weighted by atomic mass is 16.3. The van der Waals surface area contributed by atoms with E-state index < -0.39 is 0 Å². The predicted molar refractivity (Wildman–Crippen MR) is 75.6 cm³/mol. The second-order valence-electron chi connectivity index (χ2n) is 5.17. The molecule has 0 spiro atoms. The monoisotopic (exact) mass is 276 g/mol. The molecule has 1 atom stereocenters. The van der Waals surface area contributed by atoms with Gasteiger partial charge in [-0.25, -0.2) is 0 Å². The van der Waals surface area contributed by atoms with Gasteiger partial charge in [-0.05, 0) is 39.1 Å². The lowest BCUT2D eigenvalue weighted by Crippen LogP contribution is -2.36. The Morgan fingerprint density at radius 3 is 2.25 bits per heavy atom. The highest BCUT2D eigenvalue weighted by molar-refractivity contribution is 6.21. The molecule has 1 aromatic carbocycles. The van der Waals surface area contributed by atoms with Gasteiger partial charge in [0.15, 0.2) is 0 Å². The van der Waals surface area contributed by atoms with E-state index in [0.29, 0.717) is 24.1 Å². The Hall–Kier alpha value is -1.72. The molecule has 1 aliphatic rings. The average Bonchev–Trinajstić information content (AvgIpc) is 2.71. The molecule has 0 radical (unpaired) electrons. The van der Waals surface area contributed by atoms with Crippen molar-refractivity contribution in [3.8, 4) is 0 Å². The molecule has 2 rings (SSSR count). The molecule has 0 aliphatic carbocycles. The van der Waals surface area contributed by atoms with E-state index in [1.807, 2.05) is 18.9 Å². The van der Waals surface area contributed by atoms with Gasteiger partial charge in [0.2, 0.25) is 0 Å². The lowest BCUT2D eigenvalue weighted by molar-refractivity contribution is 0.0643. The largest absolute Gasteiger partial charge is 0.395 e. The number of fused-ring (bicyclic) bond motifs is 1. The quantitative estimate of drug-likeness (QED) is 0.787. The van der Waals surface area contributed by atoms with Crippen LogP contribution in [0.1, 0.15) is 34.1 Å². The minimum Gasteiger partial charge on any atom is -0.395 e. The number of rotatable bonds is 6. The molecule has 20 heavy (non-hydrogen) atoms. The van der Waals surface area contributed by atoms with Crippen molar-refractivity contribution in [2.24, 2.45) is 0 Å². The minimum atomic E-state index is -0.205. The molecule has 1 aliphatic heterocycles. The summed E-state index contributed by atoms with van der Waals surface area (Å²) in [5.74, 6) is -0.410. The normalized spacial score (nSPS) is 15.9. The van der Waals surface area contributed by atoms with E-state index in [4.69, 9.17) is 5.11 Å². The summed E-state index contributed by atoms with van der Waals surface area (Å²) in [6, 6.07) is 7.00. The zero-order valence-electron chi connectivity index (χ0n) is 11.9. The Morgan fingerprint density at radius 1 is 1.20 bits per heavy atom. The molecule has 0 saturated carbocycles. The Morgan fingerprint density at radius 2 is 1.75 bits per heavy atom. The maximum absolute atomic E-state index is 12.1. The van der Waals surface area contributed by atoms with Crippen molar-refractivity contribution in [1.29, 1.82) is 0 Å². The fraction of sp³-hybridized carbons (Fsp3) is 0.467. The molecule has 1 N–H and O–H groups in total. The Labute approximate surface area is 118 Å². The van der Waals surface area contributed by atoms with Crippen LogP contribution < -0.4 is 0 Å². The molecular formula is C15H20N2O3. The first kappa shape index (κ1) is 14.7. The lowest BCUT2D eigenvalue weighted by Gasteiger charge is -2.23. The van der Waals surface area contributed by atoms with Crippen molar-refractivity contribution in [1.82, 2.24) is 9.80 Å². The second-order valence-corrected chi connectivity index (χ2v) is 5.17. The first-order valence-corrected chi connectivity index (χ1v) is 6.82.